The Kier molecular flexibility index (Phi) is 3.14. The van der Waals surface area contributed by atoms with Crippen molar-refractivity contribution in [3.8, 4) is 6.07 Å². The third-order valence-electron chi connectivity index (χ3n) is 3.93. The van der Waals surface area contributed by atoms with Gasteiger partial charge < -0.3 is 14.8 Å². The molecule has 1 N–H and O–H groups in total. The number of aromatic nitrogens is 1. The van der Waals surface area contributed by atoms with Crippen LogP contribution < -0.4 is 4.90 Å². The van der Waals surface area contributed by atoms with Gasteiger partial charge in [-0.15, -0.1) is 0 Å². The number of hydrogen-bond acceptors (Lipinski definition) is 3. The molecule has 0 atom stereocenters. The minimum Gasteiger partial charge on any atom is -0.354 e. The average molecular weight is 254 g/mol. The van der Waals surface area contributed by atoms with E-state index in [2.05, 4.69) is 27.8 Å². The van der Waals surface area contributed by atoms with Crippen molar-refractivity contribution in [1.29, 1.82) is 5.26 Å². The number of benzene rings is 1. The lowest BCUT2D eigenvalue weighted by Gasteiger charge is -2.34. The molecule has 1 aliphatic heterocycles. The van der Waals surface area contributed by atoms with Crippen molar-refractivity contribution >= 4 is 16.7 Å². The Morgan fingerprint density at radius 2 is 1.95 bits per heavy atom. The van der Waals surface area contributed by atoms with Crippen LogP contribution in [0.15, 0.2) is 24.3 Å². The van der Waals surface area contributed by atoms with Gasteiger partial charge in [0.1, 0.15) is 17.5 Å². The quantitative estimate of drug-likeness (QED) is 0.893. The number of nitrogens with zero attached hydrogens (tertiary/aromatic N) is 3. The fourth-order valence-corrected chi connectivity index (χ4v) is 2.77. The highest BCUT2D eigenvalue weighted by atomic mass is 15.3. The van der Waals surface area contributed by atoms with Crippen LogP contribution in [0.1, 0.15) is 12.5 Å². The van der Waals surface area contributed by atoms with E-state index in [9.17, 15) is 5.26 Å². The first kappa shape index (κ1) is 12.1. The number of para-hydroxylation sites is 1. The summed E-state index contributed by atoms with van der Waals surface area (Å²) in [6.45, 7) is 7.39. The zero-order valence-electron chi connectivity index (χ0n) is 11.2. The normalized spacial score (nSPS) is 16.7. The molecule has 1 fully saturated rings. The second kappa shape index (κ2) is 4.94. The smallest absolute Gasteiger partial charge is 0.125 e. The van der Waals surface area contributed by atoms with Crippen molar-refractivity contribution in [3.05, 3.63) is 29.8 Å². The monoisotopic (exact) mass is 254 g/mol. The predicted molar refractivity (Wildman–Crippen MR) is 77.3 cm³/mol. The lowest BCUT2D eigenvalue weighted by molar-refractivity contribution is 0.270. The summed E-state index contributed by atoms with van der Waals surface area (Å²) >= 11 is 0. The third-order valence-corrected chi connectivity index (χ3v) is 3.93. The van der Waals surface area contributed by atoms with Crippen LogP contribution in [0.5, 0.6) is 0 Å². The maximum absolute atomic E-state index is 9.43. The molecule has 2 heterocycles. The van der Waals surface area contributed by atoms with Crippen molar-refractivity contribution in [2.24, 2.45) is 0 Å². The van der Waals surface area contributed by atoms with Crippen LogP contribution in [-0.4, -0.2) is 42.6 Å². The Balaban J connectivity index is 1.95. The van der Waals surface area contributed by atoms with Crippen LogP contribution in [-0.2, 0) is 0 Å². The van der Waals surface area contributed by atoms with E-state index in [1.165, 1.54) is 0 Å². The molecule has 1 saturated heterocycles. The average Bonchev–Trinajstić information content (AvgIpc) is 2.85. The van der Waals surface area contributed by atoms with Crippen LogP contribution >= 0.6 is 0 Å². The summed E-state index contributed by atoms with van der Waals surface area (Å²) in [6, 6.07) is 10.4. The Hall–Kier alpha value is -1.99. The van der Waals surface area contributed by atoms with Crippen LogP contribution in [0, 0.1) is 11.3 Å². The topological polar surface area (TPSA) is 46.1 Å². The number of nitrogens with one attached hydrogen (secondary N) is 1. The molecular formula is C15H18N4. The summed E-state index contributed by atoms with van der Waals surface area (Å²) in [5.74, 6) is 0.986. The molecule has 0 aliphatic carbocycles. The number of rotatable bonds is 2. The number of fused-ring (bicyclic) bond motifs is 1. The molecule has 1 aromatic carbocycles. The zero-order valence-corrected chi connectivity index (χ0v) is 11.2. The minimum absolute atomic E-state index is 0.778. The summed E-state index contributed by atoms with van der Waals surface area (Å²) in [6.07, 6.45) is 0. The van der Waals surface area contributed by atoms with Gasteiger partial charge in [-0.2, -0.15) is 5.26 Å². The van der Waals surface area contributed by atoms with Gasteiger partial charge in [0.05, 0.1) is 0 Å². The second-order valence-corrected chi connectivity index (χ2v) is 4.93. The van der Waals surface area contributed by atoms with E-state index in [4.69, 9.17) is 0 Å². The van der Waals surface area contributed by atoms with Gasteiger partial charge >= 0.3 is 0 Å². The molecule has 0 amide bonds. The van der Waals surface area contributed by atoms with E-state index in [0.29, 0.717) is 0 Å². The van der Waals surface area contributed by atoms with E-state index < -0.39 is 0 Å². The van der Waals surface area contributed by atoms with Crippen molar-refractivity contribution in [3.63, 3.8) is 0 Å². The Bertz CT molecular complexity index is 615. The maximum atomic E-state index is 9.43. The van der Waals surface area contributed by atoms with Crippen molar-refractivity contribution in [2.45, 2.75) is 6.92 Å². The Labute approximate surface area is 113 Å². The number of anilines is 1. The first-order chi connectivity index (χ1) is 9.33. The van der Waals surface area contributed by atoms with Gasteiger partial charge in [0, 0.05) is 37.1 Å². The molecule has 3 rings (SSSR count). The fourth-order valence-electron chi connectivity index (χ4n) is 2.77. The summed E-state index contributed by atoms with van der Waals surface area (Å²) in [7, 11) is 0. The molecule has 4 heteroatoms. The number of piperazine rings is 1. The van der Waals surface area contributed by atoms with Crippen molar-refractivity contribution in [1.82, 2.24) is 9.88 Å². The maximum Gasteiger partial charge on any atom is 0.125 e. The van der Waals surface area contributed by atoms with Crippen LogP contribution in [0.2, 0.25) is 0 Å². The number of likely N-dealkylation sites (N-methyl/N-ethyl adjacent to an activating group) is 1. The Morgan fingerprint density at radius 3 is 2.63 bits per heavy atom. The van der Waals surface area contributed by atoms with Gasteiger partial charge in [-0.3, -0.25) is 0 Å². The SMILES string of the molecule is CCN1CCN(c2[nH]c3ccccc3c2C#N)CC1. The first-order valence-corrected chi connectivity index (χ1v) is 6.81. The number of H-pyrrole nitrogens is 1. The summed E-state index contributed by atoms with van der Waals surface area (Å²) in [4.78, 5) is 8.13. The van der Waals surface area contributed by atoms with Gasteiger partial charge in [0.15, 0.2) is 0 Å². The second-order valence-electron chi connectivity index (χ2n) is 4.93. The molecule has 0 spiro atoms. The summed E-state index contributed by atoms with van der Waals surface area (Å²) in [5, 5.41) is 10.5. The molecule has 19 heavy (non-hydrogen) atoms. The van der Waals surface area contributed by atoms with Crippen LogP contribution in [0.3, 0.4) is 0 Å². The summed E-state index contributed by atoms with van der Waals surface area (Å²) in [5.41, 5.74) is 1.83. The summed E-state index contributed by atoms with van der Waals surface area (Å²) < 4.78 is 0. The van der Waals surface area contributed by atoms with E-state index in [0.717, 1.165) is 55.0 Å². The third kappa shape index (κ3) is 2.06. The molecule has 2 aromatic rings. The van der Waals surface area contributed by atoms with E-state index in [1.54, 1.807) is 0 Å². The largest absolute Gasteiger partial charge is 0.354 e. The fraction of sp³-hybridized carbons (Fsp3) is 0.400. The molecule has 1 aliphatic rings. The van der Waals surface area contributed by atoms with Gasteiger partial charge in [0.25, 0.3) is 0 Å². The molecule has 0 radical (unpaired) electrons. The van der Waals surface area contributed by atoms with E-state index in [1.807, 2.05) is 24.3 Å². The van der Waals surface area contributed by atoms with Crippen molar-refractivity contribution in [2.75, 3.05) is 37.6 Å². The van der Waals surface area contributed by atoms with E-state index >= 15 is 0 Å². The van der Waals surface area contributed by atoms with Crippen LogP contribution in [0.4, 0.5) is 5.82 Å². The van der Waals surface area contributed by atoms with Gasteiger partial charge in [0.2, 0.25) is 0 Å². The van der Waals surface area contributed by atoms with Crippen LogP contribution in [0.25, 0.3) is 10.9 Å². The molecule has 1 aromatic heterocycles. The number of nitriles is 1. The lowest BCUT2D eigenvalue weighted by atomic mass is 10.1. The number of hydrogen-bond donors (Lipinski definition) is 1. The zero-order chi connectivity index (χ0) is 13.2. The van der Waals surface area contributed by atoms with Gasteiger partial charge in [-0.1, -0.05) is 25.1 Å². The molecular weight excluding hydrogens is 236 g/mol. The van der Waals surface area contributed by atoms with E-state index in [-0.39, 0.29) is 0 Å². The predicted octanol–water partition coefficient (Wildman–Crippen LogP) is 2.18. The van der Waals surface area contributed by atoms with Gasteiger partial charge in [-0.05, 0) is 12.6 Å². The Morgan fingerprint density at radius 1 is 1.21 bits per heavy atom. The molecule has 98 valence electrons. The lowest BCUT2D eigenvalue weighted by Crippen LogP contribution is -2.46. The molecule has 0 saturated carbocycles. The highest BCUT2D eigenvalue weighted by molar-refractivity contribution is 5.91. The number of aromatic amines is 1. The molecule has 0 bridgehead atoms. The molecule has 4 nitrogen and oxygen atoms in total. The standard InChI is InChI=1S/C15H18N4/c1-2-18-7-9-19(10-8-18)15-13(11-16)12-5-3-4-6-14(12)17-15/h3-6,17H,2,7-10H2,1H3. The highest BCUT2D eigenvalue weighted by Gasteiger charge is 2.21. The first-order valence-electron chi connectivity index (χ1n) is 6.81. The minimum atomic E-state index is 0.778. The highest BCUT2D eigenvalue weighted by Crippen LogP contribution is 2.28. The van der Waals surface area contributed by atoms with Gasteiger partial charge in [-0.25, -0.2) is 0 Å². The molecule has 0 unspecified atom stereocenters. The van der Waals surface area contributed by atoms with Crippen molar-refractivity contribution < 1.29 is 0 Å².